The van der Waals surface area contributed by atoms with E-state index in [-0.39, 0.29) is 0 Å². The van der Waals surface area contributed by atoms with Crippen molar-refractivity contribution in [3.05, 3.63) is 0 Å². The van der Waals surface area contributed by atoms with Crippen LogP contribution in [0.4, 0.5) is 0 Å². The van der Waals surface area contributed by atoms with Crippen LogP contribution in [0.25, 0.3) is 0 Å². The summed E-state index contributed by atoms with van der Waals surface area (Å²) >= 11 is 0. The monoisotopic (exact) mass is 299 g/mol. The number of nitrogens with zero attached hydrogens (tertiary/aromatic N) is 2. The number of piperazine rings is 1. The molecule has 0 bridgehead atoms. The van der Waals surface area contributed by atoms with Crippen LogP contribution in [0.3, 0.4) is 0 Å². The van der Waals surface area contributed by atoms with Gasteiger partial charge >= 0.3 is 0 Å². The van der Waals surface area contributed by atoms with Gasteiger partial charge in [-0.15, -0.1) is 0 Å². The lowest BCUT2D eigenvalue weighted by atomic mass is 10.3. The van der Waals surface area contributed by atoms with E-state index in [9.17, 15) is 16.8 Å². The van der Waals surface area contributed by atoms with Crippen molar-refractivity contribution < 1.29 is 16.8 Å². The Morgan fingerprint density at radius 3 is 2.22 bits per heavy atom. The molecule has 1 aliphatic heterocycles. The van der Waals surface area contributed by atoms with Gasteiger partial charge < -0.3 is 5.32 Å². The van der Waals surface area contributed by atoms with E-state index < -0.39 is 24.9 Å². The Morgan fingerprint density at radius 2 is 1.72 bits per heavy atom. The molecule has 1 aliphatic rings. The summed E-state index contributed by atoms with van der Waals surface area (Å²) in [7, 11) is -5.82. The Bertz CT molecular complexity index is 454. The molecule has 1 N–H and O–H groups in total. The molecule has 1 heterocycles. The fraction of sp³-hybridized carbons (Fsp3) is 1.00. The quantitative estimate of drug-likeness (QED) is 0.620. The molecule has 9 heteroatoms. The molecule has 108 valence electrons. The molecule has 0 aromatic rings. The van der Waals surface area contributed by atoms with Crippen LogP contribution in [0.2, 0.25) is 0 Å². The molecule has 0 amide bonds. The van der Waals surface area contributed by atoms with E-state index in [4.69, 9.17) is 0 Å². The van der Waals surface area contributed by atoms with Gasteiger partial charge in [0.15, 0.2) is 14.9 Å². The zero-order valence-electron chi connectivity index (χ0n) is 10.8. The second kappa shape index (κ2) is 6.29. The van der Waals surface area contributed by atoms with Crippen LogP contribution in [-0.4, -0.2) is 83.7 Å². The van der Waals surface area contributed by atoms with Gasteiger partial charge in [0, 0.05) is 52.6 Å². The summed E-state index contributed by atoms with van der Waals surface area (Å²) in [5, 5.41) is 2.39. The number of likely N-dealkylation sites (N-methyl/N-ethyl adjacent to an activating group) is 1. The number of rotatable bonds is 6. The second-order valence-electron chi connectivity index (χ2n) is 4.57. The number of sulfone groups is 1. The molecule has 0 unspecified atom stereocenters. The van der Waals surface area contributed by atoms with Crippen LogP contribution in [-0.2, 0) is 19.9 Å². The van der Waals surface area contributed by atoms with Crippen LogP contribution in [0.5, 0.6) is 0 Å². The molecule has 7 nitrogen and oxygen atoms in total. The van der Waals surface area contributed by atoms with E-state index in [1.54, 1.807) is 0 Å². The van der Waals surface area contributed by atoms with Gasteiger partial charge in [0.1, 0.15) is 0 Å². The fourth-order valence-corrected chi connectivity index (χ4v) is 4.96. The van der Waals surface area contributed by atoms with E-state index in [2.05, 4.69) is 10.2 Å². The Morgan fingerprint density at radius 1 is 1.17 bits per heavy atom. The van der Waals surface area contributed by atoms with Gasteiger partial charge in [-0.2, -0.15) is 0 Å². The average Bonchev–Trinajstić information content (AvgIpc) is 2.24. The highest BCUT2D eigenvalue weighted by atomic mass is 32.3. The molecule has 0 saturated carbocycles. The lowest BCUT2D eigenvalue weighted by molar-refractivity contribution is 0.229. The first-order valence-electron chi connectivity index (χ1n) is 5.75. The highest BCUT2D eigenvalue weighted by molar-refractivity contribution is 8.06. The molecule has 1 saturated heterocycles. The third-order valence-corrected chi connectivity index (χ3v) is 6.81. The van der Waals surface area contributed by atoms with Crippen LogP contribution in [0, 0.1) is 0 Å². The second-order valence-corrected chi connectivity index (χ2v) is 9.15. The van der Waals surface area contributed by atoms with Gasteiger partial charge in [0.05, 0.1) is 0 Å². The molecule has 0 radical (unpaired) electrons. The lowest BCUT2D eigenvalue weighted by Gasteiger charge is -2.28. The summed E-state index contributed by atoms with van der Waals surface area (Å²) in [5.41, 5.74) is 0. The van der Waals surface area contributed by atoms with E-state index in [0.717, 1.165) is 36.7 Å². The maximum atomic E-state index is 11.7. The van der Waals surface area contributed by atoms with Crippen LogP contribution in [0.15, 0.2) is 0 Å². The van der Waals surface area contributed by atoms with Crippen molar-refractivity contribution >= 4 is 19.9 Å². The van der Waals surface area contributed by atoms with E-state index in [1.165, 1.54) is 7.05 Å². The van der Waals surface area contributed by atoms with Gasteiger partial charge in [0.2, 0.25) is 10.0 Å². The standard InChI is InChI=1S/C9H21N3O4S2/c1-11(18(15,16)9-17(2,13)14)7-8-12-5-3-10-4-6-12/h10H,3-9H2,1-2H3. The summed E-state index contributed by atoms with van der Waals surface area (Å²) < 4.78 is 46.7. The van der Waals surface area contributed by atoms with Crippen molar-refractivity contribution in [3.63, 3.8) is 0 Å². The summed E-state index contributed by atoms with van der Waals surface area (Å²) in [6, 6.07) is 0. The molecule has 0 aliphatic carbocycles. The Kier molecular flexibility index (Phi) is 5.53. The number of hydrogen-bond donors (Lipinski definition) is 1. The van der Waals surface area contributed by atoms with Crippen molar-refractivity contribution in [1.82, 2.24) is 14.5 Å². The third-order valence-electron chi connectivity index (χ3n) is 2.78. The van der Waals surface area contributed by atoms with E-state index in [1.807, 2.05) is 0 Å². The summed E-state index contributed by atoms with van der Waals surface area (Å²) in [4.78, 5) is 2.16. The molecule has 0 aromatic carbocycles. The topological polar surface area (TPSA) is 86.8 Å². The maximum Gasteiger partial charge on any atom is 0.228 e. The van der Waals surface area contributed by atoms with Crippen molar-refractivity contribution in [2.75, 3.05) is 57.7 Å². The SMILES string of the molecule is CN(CCN1CCNCC1)S(=O)(=O)CS(C)(=O)=O. The van der Waals surface area contributed by atoms with Crippen LogP contribution < -0.4 is 5.32 Å². The summed E-state index contributed by atoms with van der Waals surface area (Å²) in [5.74, 6) is 0. The third kappa shape index (κ3) is 5.61. The lowest BCUT2D eigenvalue weighted by Crippen LogP contribution is -2.46. The minimum atomic E-state index is -3.72. The Hall–Kier alpha value is -0.220. The first kappa shape index (κ1) is 15.8. The Labute approximate surface area is 109 Å². The molecule has 18 heavy (non-hydrogen) atoms. The van der Waals surface area contributed by atoms with Gasteiger partial charge in [-0.3, -0.25) is 4.90 Å². The van der Waals surface area contributed by atoms with Gasteiger partial charge in [-0.25, -0.2) is 21.1 Å². The molecule has 1 fully saturated rings. The highest BCUT2D eigenvalue weighted by Crippen LogP contribution is 2.03. The van der Waals surface area contributed by atoms with Gasteiger partial charge in [-0.05, 0) is 0 Å². The molecule has 1 rings (SSSR count). The van der Waals surface area contributed by atoms with Gasteiger partial charge in [0.25, 0.3) is 0 Å². The number of sulfonamides is 1. The number of nitrogens with one attached hydrogen (secondary N) is 1. The largest absolute Gasteiger partial charge is 0.314 e. The minimum absolute atomic E-state index is 0.317. The van der Waals surface area contributed by atoms with Gasteiger partial charge in [-0.1, -0.05) is 0 Å². The molecular weight excluding hydrogens is 278 g/mol. The van der Waals surface area contributed by atoms with Crippen molar-refractivity contribution in [2.24, 2.45) is 0 Å². The predicted octanol–water partition coefficient (Wildman–Crippen LogP) is -1.84. The first-order chi connectivity index (χ1) is 8.21. The maximum absolute atomic E-state index is 11.7. The van der Waals surface area contributed by atoms with Crippen molar-refractivity contribution in [1.29, 1.82) is 0 Å². The summed E-state index contributed by atoms with van der Waals surface area (Å²) in [6.07, 6.45) is 0.925. The molecule has 0 aromatic heterocycles. The average molecular weight is 299 g/mol. The van der Waals surface area contributed by atoms with E-state index >= 15 is 0 Å². The zero-order chi connectivity index (χ0) is 13.8. The molecule has 0 atom stereocenters. The van der Waals surface area contributed by atoms with Crippen molar-refractivity contribution in [3.8, 4) is 0 Å². The Balaban J connectivity index is 2.46. The normalized spacial score (nSPS) is 19.3. The zero-order valence-corrected chi connectivity index (χ0v) is 12.4. The molecule has 0 spiro atoms. The molecular formula is C9H21N3O4S2. The smallest absolute Gasteiger partial charge is 0.228 e. The first-order valence-corrected chi connectivity index (χ1v) is 9.42. The summed E-state index contributed by atoms with van der Waals surface area (Å²) in [6.45, 7) is 4.53. The fourth-order valence-electron chi connectivity index (χ4n) is 1.72. The predicted molar refractivity (Wildman–Crippen MR) is 70.6 cm³/mol. The van der Waals surface area contributed by atoms with Crippen molar-refractivity contribution in [2.45, 2.75) is 0 Å². The van der Waals surface area contributed by atoms with Crippen LogP contribution >= 0.6 is 0 Å². The minimum Gasteiger partial charge on any atom is -0.314 e. The number of hydrogen-bond acceptors (Lipinski definition) is 6. The highest BCUT2D eigenvalue weighted by Gasteiger charge is 2.23. The van der Waals surface area contributed by atoms with E-state index in [0.29, 0.717) is 13.1 Å². The van der Waals surface area contributed by atoms with Crippen LogP contribution in [0.1, 0.15) is 0 Å².